The van der Waals surface area contributed by atoms with E-state index in [1.807, 2.05) is 30.3 Å². The van der Waals surface area contributed by atoms with Gasteiger partial charge in [-0.1, -0.05) is 62.4 Å². The fourth-order valence-corrected chi connectivity index (χ4v) is 7.33. The lowest BCUT2D eigenvalue weighted by molar-refractivity contribution is -0.151. The van der Waals surface area contributed by atoms with Gasteiger partial charge < -0.3 is 10.1 Å². The number of alkyl halides is 1. The average molecular weight is 633 g/mol. The molecule has 1 heterocycles. The normalized spacial score (nSPS) is 19.1. The maximum Gasteiger partial charge on any atom is 0.243 e. The summed E-state index contributed by atoms with van der Waals surface area (Å²) >= 11 is 0. The van der Waals surface area contributed by atoms with E-state index >= 15 is 4.39 Å². The van der Waals surface area contributed by atoms with Gasteiger partial charge in [0, 0.05) is 18.3 Å². The first-order chi connectivity index (χ1) is 20.9. The molecular weight excluding hydrogens is 583 g/mol. The van der Waals surface area contributed by atoms with Gasteiger partial charge in [-0.05, 0) is 70.3 Å². The number of carbonyl (C=O) groups is 2. The molecule has 3 N–H and O–H groups in total. The van der Waals surface area contributed by atoms with Gasteiger partial charge in [0.1, 0.15) is 12.3 Å². The van der Waals surface area contributed by atoms with Crippen LogP contribution in [0.25, 0.3) is 0 Å². The van der Waals surface area contributed by atoms with E-state index in [0.717, 1.165) is 48.4 Å². The summed E-state index contributed by atoms with van der Waals surface area (Å²) in [5.74, 6) is -2.62. The van der Waals surface area contributed by atoms with Gasteiger partial charge in [0.15, 0.2) is 9.84 Å². The minimum absolute atomic E-state index is 0.0135. The van der Waals surface area contributed by atoms with E-state index in [1.165, 1.54) is 6.33 Å². The maximum absolute atomic E-state index is 15.6. The average Bonchev–Trinajstić information content (AvgIpc) is 3.71. The van der Waals surface area contributed by atoms with Gasteiger partial charge in [0.05, 0.1) is 28.8 Å². The maximum atomic E-state index is 15.6. The highest BCUT2D eigenvalue weighted by Gasteiger charge is 2.44. The van der Waals surface area contributed by atoms with Crippen LogP contribution in [0.3, 0.4) is 0 Å². The Morgan fingerprint density at radius 2 is 1.80 bits per heavy atom. The number of hydrogen-bond acceptors (Lipinski definition) is 6. The second kappa shape index (κ2) is 15.0. The Kier molecular flexibility index (Phi) is 11.6. The number of H-pyrrole nitrogens is 1. The molecule has 244 valence electrons. The summed E-state index contributed by atoms with van der Waals surface area (Å²) in [6.45, 7) is 4.79. The molecule has 2 amide bonds. The molecule has 2 aliphatic rings. The van der Waals surface area contributed by atoms with Gasteiger partial charge >= 0.3 is 0 Å². The molecule has 2 saturated carbocycles. The van der Waals surface area contributed by atoms with Crippen LogP contribution in [0.5, 0.6) is 0 Å². The number of rotatable bonds is 14. The quantitative estimate of drug-likeness (QED) is 0.258. The Bertz CT molecular complexity index is 1310. The Labute approximate surface area is 261 Å². The molecule has 11 heteroatoms. The summed E-state index contributed by atoms with van der Waals surface area (Å²) in [6.07, 6.45) is 7.27. The third kappa shape index (κ3) is 9.36. The predicted molar refractivity (Wildman–Crippen MR) is 168 cm³/mol. The zero-order valence-corrected chi connectivity index (χ0v) is 27.1. The first-order valence-electron chi connectivity index (χ1n) is 16.0. The lowest BCUT2D eigenvalue weighted by Gasteiger charge is -2.39. The molecule has 0 saturated heterocycles. The Morgan fingerprint density at radius 1 is 1.11 bits per heavy atom. The third-order valence-electron chi connectivity index (χ3n) is 9.14. The minimum Gasteiger partial charge on any atom is -0.388 e. The predicted octanol–water partition coefficient (Wildman–Crippen LogP) is 4.72. The van der Waals surface area contributed by atoms with Crippen LogP contribution in [0.2, 0.25) is 0 Å². The van der Waals surface area contributed by atoms with Crippen LogP contribution in [0.15, 0.2) is 42.9 Å². The monoisotopic (exact) mass is 632 g/mol. The lowest BCUT2D eigenvalue weighted by atomic mass is 9.82. The summed E-state index contributed by atoms with van der Waals surface area (Å²) < 4.78 is 41.1. The second-order valence-electron chi connectivity index (χ2n) is 13.7. The first-order valence-corrected chi connectivity index (χ1v) is 17.7. The molecular formula is C33H49FN4O5S. The summed E-state index contributed by atoms with van der Waals surface area (Å²) in [6, 6.07) is 8.16. The van der Waals surface area contributed by atoms with E-state index in [4.69, 9.17) is 0 Å². The fourth-order valence-electron chi connectivity index (χ4n) is 6.03. The number of aliphatic hydroxyl groups is 1. The number of carbonyl (C=O) groups excluding carboxylic acids is 2. The van der Waals surface area contributed by atoms with Gasteiger partial charge in [0.2, 0.25) is 11.8 Å². The summed E-state index contributed by atoms with van der Waals surface area (Å²) in [4.78, 5) is 35.0. The fraction of sp³-hybridized carbons (Fsp3) is 0.667. The lowest BCUT2D eigenvalue weighted by Crippen LogP contribution is -2.60. The van der Waals surface area contributed by atoms with Crippen molar-refractivity contribution in [2.75, 3.05) is 5.75 Å². The van der Waals surface area contributed by atoms with Crippen LogP contribution in [-0.2, 0) is 32.3 Å². The van der Waals surface area contributed by atoms with E-state index in [2.05, 4.69) is 15.4 Å². The van der Waals surface area contributed by atoms with Crippen molar-refractivity contribution in [2.45, 2.75) is 114 Å². The molecule has 1 unspecified atom stereocenters. The number of imidazole rings is 1. The Morgan fingerprint density at radius 3 is 2.39 bits per heavy atom. The molecule has 4 rings (SSSR count). The van der Waals surface area contributed by atoms with Gasteiger partial charge in [-0.2, -0.15) is 0 Å². The standard InChI is InChI=1S/C33H49FN4O5S/c1-33(2,3)44(42,43)21-26(18-23-10-6-4-7-11-23)32(41)37-38(29(39)17-16-27-20-35-22-36-27)28(19-24-12-8-5-9-13-24)31(40)30(34)25-14-15-25/h4,6-7,10-11,20,22,24-26,28,30-31,40H,5,8-9,12-19,21H2,1-3H3,(H,35,36)(H,37,41)/t26?,28-,30-,31+/m0/s1. The highest BCUT2D eigenvalue weighted by molar-refractivity contribution is 7.92. The molecule has 0 bridgehead atoms. The number of amides is 2. The Hall–Kier alpha value is -2.79. The molecule has 1 aromatic heterocycles. The van der Waals surface area contributed by atoms with E-state index in [0.29, 0.717) is 25.7 Å². The van der Waals surface area contributed by atoms with Crippen LogP contribution in [0.1, 0.15) is 89.8 Å². The molecule has 0 radical (unpaired) electrons. The molecule has 2 aromatic rings. The number of aromatic nitrogens is 2. The van der Waals surface area contributed by atoms with Crippen LogP contribution in [0.4, 0.5) is 4.39 Å². The molecule has 9 nitrogen and oxygen atoms in total. The number of sulfone groups is 1. The highest BCUT2D eigenvalue weighted by atomic mass is 32.2. The number of benzene rings is 1. The van der Waals surface area contributed by atoms with E-state index in [-0.39, 0.29) is 24.7 Å². The van der Waals surface area contributed by atoms with Gasteiger partial charge in [-0.25, -0.2) is 22.8 Å². The van der Waals surface area contributed by atoms with Gasteiger partial charge in [-0.3, -0.25) is 15.0 Å². The van der Waals surface area contributed by atoms with Gasteiger partial charge in [-0.15, -0.1) is 0 Å². The van der Waals surface area contributed by atoms with Crippen molar-refractivity contribution < 1.29 is 27.5 Å². The Balaban J connectivity index is 1.65. The third-order valence-corrected chi connectivity index (χ3v) is 11.8. The van der Waals surface area contributed by atoms with Crippen molar-refractivity contribution in [1.29, 1.82) is 0 Å². The van der Waals surface area contributed by atoms with Crippen LogP contribution < -0.4 is 5.43 Å². The molecule has 0 aliphatic heterocycles. The number of hydrazine groups is 1. The van der Waals surface area contributed by atoms with Crippen molar-refractivity contribution in [3.63, 3.8) is 0 Å². The molecule has 0 spiro atoms. The SMILES string of the molecule is CC(C)(C)S(=O)(=O)CC(Cc1ccccc1)C(=O)NN(C(=O)CCc1cnc[nH]1)[C@@H](CC1CCCCC1)[C@@H](O)[C@@H](F)C1CC1. The number of aliphatic hydroxyl groups excluding tert-OH is 1. The van der Waals surface area contributed by atoms with Crippen molar-refractivity contribution in [3.05, 3.63) is 54.1 Å². The van der Waals surface area contributed by atoms with Crippen LogP contribution >= 0.6 is 0 Å². The van der Waals surface area contributed by atoms with Crippen LogP contribution in [-0.4, -0.2) is 69.1 Å². The van der Waals surface area contributed by atoms with E-state index in [1.54, 1.807) is 27.0 Å². The summed E-state index contributed by atoms with van der Waals surface area (Å²) in [5.41, 5.74) is 4.27. The second-order valence-corrected chi connectivity index (χ2v) is 16.5. The summed E-state index contributed by atoms with van der Waals surface area (Å²) in [7, 11) is -3.72. The summed E-state index contributed by atoms with van der Waals surface area (Å²) in [5, 5.41) is 12.6. The molecule has 4 atom stereocenters. The smallest absolute Gasteiger partial charge is 0.243 e. The zero-order valence-electron chi connectivity index (χ0n) is 26.3. The molecule has 1 aromatic carbocycles. The molecule has 44 heavy (non-hydrogen) atoms. The first kappa shape index (κ1) is 34.1. The number of halogens is 1. The molecule has 2 fully saturated rings. The number of aromatic amines is 1. The van der Waals surface area contributed by atoms with Gasteiger partial charge in [0.25, 0.3) is 0 Å². The van der Waals surface area contributed by atoms with E-state index < -0.39 is 56.4 Å². The largest absolute Gasteiger partial charge is 0.388 e. The van der Waals surface area contributed by atoms with Crippen LogP contribution in [0, 0.1) is 17.8 Å². The van der Waals surface area contributed by atoms with Crippen molar-refractivity contribution >= 4 is 21.7 Å². The number of nitrogens with one attached hydrogen (secondary N) is 2. The topological polar surface area (TPSA) is 132 Å². The van der Waals surface area contributed by atoms with Crippen molar-refractivity contribution in [3.8, 4) is 0 Å². The number of hydrogen-bond donors (Lipinski definition) is 3. The van der Waals surface area contributed by atoms with E-state index in [9.17, 15) is 23.1 Å². The number of nitrogens with zero attached hydrogens (tertiary/aromatic N) is 2. The minimum atomic E-state index is -3.72. The zero-order chi connectivity index (χ0) is 31.9. The van der Waals surface area contributed by atoms with Crippen molar-refractivity contribution in [1.82, 2.24) is 20.4 Å². The molecule has 2 aliphatic carbocycles. The highest BCUT2D eigenvalue weighted by Crippen LogP contribution is 2.39. The number of aryl methyl sites for hydroxylation is 1. The van der Waals surface area contributed by atoms with Crippen molar-refractivity contribution in [2.24, 2.45) is 17.8 Å².